The van der Waals surface area contributed by atoms with E-state index >= 15 is 0 Å². The van der Waals surface area contributed by atoms with Gasteiger partial charge >= 0.3 is 0 Å². The predicted molar refractivity (Wildman–Crippen MR) is 106 cm³/mol. The van der Waals surface area contributed by atoms with Gasteiger partial charge in [-0.2, -0.15) is 0 Å². The van der Waals surface area contributed by atoms with Crippen LogP contribution in [0.3, 0.4) is 0 Å². The number of aromatic nitrogens is 1. The number of pyridine rings is 1. The average molecular weight is 333 g/mol. The van der Waals surface area contributed by atoms with Crippen molar-refractivity contribution in [3.63, 3.8) is 0 Å². The summed E-state index contributed by atoms with van der Waals surface area (Å²) in [5.41, 5.74) is 4.87. The lowest BCUT2D eigenvalue weighted by Gasteiger charge is -2.19. The van der Waals surface area contributed by atoms with E-state index < -0.39 is 0 Å². The summed E-state index contributed by atoms with van der Waals surface area (Å²) in [4.78, 5) is 4.58. The first-order valence-electron chi connectivity index (χ1n) is 9.12. The maximum atomic E-state index is 5.95. The first kappa shape index (κ1) is 17.5. The second kappa shape index (κ2) is 7.26. The number of rotatable bonds is 5. The Balaban J connectivity index is 2.01. The molecule has 3 rings (SSSR count). The van der Waals surface area contributed by atoms with Crippen LogP contribution in [0, 0.1) is 0 Å². The summed E-state index contributed by atoms with van der Waals surface area (Å²) in [5.74, 6) is 0.874. The third-order valence-electron chi connectivity index (χ3n) is 4.55. The molecule has 0 N–H and O–H groups in total. The number of nitrogens with zero attached hydrogens (tertiary/aromatic N) is 1. The molecular formula is C23H27NO. The minimum absolute atomic E-state index is 0.166. The van der Waals surface area contributed by atoms with E-state index in [2.05, 4.69) is 75.1 Å². The van der Waals surface area contributed by atoms with E-state index in [4.69, 9.17) is 4.74 Å². The Kier molecular flexibility index (Phi) is 5.08. The van der Waals surface area contributed by atoms with E-state index in [9.17, 15) is 0 Å². The maximum Gasteiger partial charge on any atom is 0.145 e. The Labute approximate surface area is 150 Å². The van der Waals surface area contributed by atoms with Gasteiger partial charge in [0.2, 0.25) is 0 Å². The smallest absolute Gasteiger partial charge is 0.145 e. The Morgan fingerprint density at radius 2 is 1.72 bits per heavy atom. The molecule has 3 aromatic rings. The lowest BCUT2D eigenvalue weighted by atomic mass is 9.86. The topological polar surface area (TPSA) is 22.1 Å². The predicted octanol–water partition coefficient (Wildman–Crippen LogP) is 6.38. The van der Waals surface area contributed by atoms with Gasteiger partial charge in [0.05, 0.1) is 6.61 Å². The van der Waals surface area contributed by atoms with Gasteiger partial charge in [-0.1, -0.05) is 64.4 Å². The molecule has 1 heterocycles. The fourth-order valence-electron chi connectivity index (χ4n) is 2.99. The fourth-order valence-corrected chi connectivity index (χ4v) is 2.99. The Hall–Kier alpha value is -2.35. The largest absolute Gasteiger partial charge is 0.491 e. The number of hydrogen-bond acceptors (Lipinski definition) is 2. The molecule has 1 aromatic heterocycles. The third kappa shape index (κ3) is 3.84. The van der Waals surface area contributed by atoms with Gasteiger partial charge in [-0.15, -0.1) is 0 Å². The average Bonchev–Trinajstić information content (AvgIpc) is 2.61. The van der Waals surface area contributed by atoms with Gasteiger partial charge in [0.25, 0.3) is 0 Å². The maximum absolute atomic E-state index is 5.95. The molecule has 0 bridgehead atoms. The van der Waals surface area contributed by atoms with Crippen LogP contribution in [0.4, 0.5) is 0 Å². The number of ether oxygens (including phenoxy) is 1. The molecule has 130 valence electrons. The van der Waals surface area contributed by atoms with Crippen molar-refractivity contribution in [2.45, 2.75) is 46.0 Å². The molecule has 0 aliphatic carbocycles. The molecule has 0 saturated heterocycles. The van der Waals surface area contributed by atoms with Crippen LogP contribution >= 0.6 is 0 Å². The minimum atomic E-state index is 0.166. The van der Waals surface area contributed by atoms with Crippen molar-refractivity contribution in [1.29, 1.82) is 0 Å². The van der Waals surface area contributed by atoms with Crippen LogP contribution in [0.2, 0.25) is 0 Å². The summed E-state index contributed by atoms with van der Waals surface area (Å²) < 4.78 is 5.95. The molecule has 0 radical (unpaired) electrons. The van der Waals surface area contributed by atoms with Gasteiger partial charge in [0.1, 0.15) is 11.3 Å². The van der Waals surface area contributed by atoms with Crippen molar-refractivity contribution in [2.24, 2.45) is 0 Å². The van der Waals surface area contributed by atoms with Crippen molar-refractivity contribution in [2.75, 3.05) is 6.61 Å². The van der Waals surface area contributed by atoms with Gasteiger partial charge in [-0.3, -0.25) is 4.98 Å². The van der Waals surface area contributed by atoms with Crippen molar-refractivity contribution in [1.82, 2.24) is 4.98 Å². The zero-order chi connectivity index (χ0) is 17.9. The van der Waals surface area contributed by atoms with E-state index in [0.29, 0.717) is 0 Å². The van der Waals surface area contributed by atoms with Crippen LogP contribution in [0.25, 0.3) is 22.0 Å². The summed E-state index contributed by atoms with van der Waals surface area (Å²) in [6.45, 7) is 9.63. The molecule has 25 heavy (non-hydrogen) atoms. The first-order chi connectivity index (χ1) is 12.0. The lowest BCUT2D eigenvalue weighted by molar-refractivity contribution is 0.312. The first-order valence-corrected chi connectivity index (χ1v) is 9.12. The number of benzene rings is 2. The number of hydrogen-bond donors (Lipinski definition) is 0. The highest BCUT2D eigenvalue weighted by Gasteiger charge is 2.14. The monoisotopic (exact) mass is 333 g/mol. The lowest BCUT2D eigenvalue weighted by Crippen LogP contribution is -2.10. The normalized spacial score (nSPS) is 11.7. The van der Waals surface area contributed by atoms with Gasteiger partial charge in [-0.25, -0.2) is 0 Å². The second-order valence-corrected chi connectivity index (χ2v) is 7.54. The molecule has 2 nitrogen and oxygen atoms in total. The quantitative estimate of drug-likeness (QED) is 0.505. The summed E-state index contributed by atoms with van der Waals surface area (Å²) in [7, 11) is 0. The summed E-state index contributed by atoms with van der Waals surface area (Å²) in [5, 5.41) is 1.14. The van der Waals surface area contributed by atoms with E-state index in [1.54, 1.807) is 0 Å². The molecule has 0 spiro atoms. The molecule has 0 fully saturated rings. The van der Waals surface area contributed by atoms with Gasteiger partial charge in [-0.05, 0) is 46.7 Å². The molecule has 0 aliphatic rings. The van der Waals surface area contributed by atoms with Crippen molar-refractivity contribution in [3.05, 3.63) is 60.3 Å². The van der Waals surface area contributed by atoms with E-state index in [-0.39, 0.29) is 5.41 Å². The molecule has 0 atom stereocenters. The van der Waals surface area contributed by atoms with Crippen molar-refractivity contribution in [3.8, 4) is 16.9 Å². The highest BCUT2D eigenvalue weighted by Crippen LogP contribution is 2.34. The van der Waals surface area contributed by atoms with Crippen LogP contribution in [-0.2, 0) is 5.41 Å². The molecule has 0 saturated carbocycles. The summed E-state index contributed by atoms with van der Waals surface area (Å²) in [6.07, 6.45) is 4.02. The van der Waals surface area contributed by atoms with Gasteiger partial charge in [0.15, 0.2) is 0 Å². The van der Waals surface area contributed by atoms with Gasteiger partial charge < -0.3 is 4.74 Å². The van der Waals surface area contributed by atoms with Gasteiger partial charge in [0, 0.05) is 11.6 Å². The summed E-state index contributed by atoms with van der Waals surface area (Å²) >= 11 is 0. The molecule has 2 aromatic carbocycles. The van der Waals surface area contributed by atoms with Crippen LogP contribution in [-0.4, -0.2) is 11.6 Å². The second-order valence-electron chi connectivity index (χ2n) is 7.54. The zero-order valence-corrected chi connectivity index (χ0v) is 15.7. The van der Waals surface area contributed by atoms with Crippen LogP contribution in [0.1, 0.15) is 46.1 Å². The summed E-state index contributed by atoms with van der Waals surface area (Å²) in [6, 6.07) is 17.2. The Morgan fingerprint density at radius 3 is 2.40 bits per heavy atom. The zero-order valence-electron chi connectivity index (χ0n) is 15.7. The molecule has 0 amide bonds. The van der Waals surface area contributed by atoms with Crippen LogP contribution < -0.4 is 4.74 Å². The molecule has 0 unspecified atom stereocenters. The van der Waals surface area contributed by atoms with Crippen LogP contribution in [0.5, 0.6) is 5.75 Å². The van der Waals surface area contributed by atoms with Crippen LogP contribution in [0.15, 0.2) is 54.7 Å². The van der Waals surface area contributed by atoms with E-state index in [1.807, 2.05) is 12.3 Å². The number of unbranched alkanes of at least 4 members (excludes halogenated alkanes) is 1. The number of fused-ring (bicyclic) bond motifs is 1. The Bertz CT molecular complexity index is 844. The third-order valence-corrected chi connectivity index (χ3v) is 4.55. The molecular weight excluding hydrogens is 306 g/mol. The fraction of sp³-hybridized carbons (Fsp3) is 0.348. The van der Waals surface area contributed by atoms with E-state index in [0.717, 1.165) is 36.1 Å². The van der Waals surface area contributed by atoms with E-state index in [1.165, 1.54) is 16.7 Å². The molecule has 2 heteroatoms. The Morgan fingerprint density at radius 1 is 0.960 bits per heavy atom. The highest BCUT2D eigenvalue weighted by atomic mass is 16.5. The van der Waals surface area contributed by atoms with Crippen molar-refractivity contribution >= 4 is 10.9 Å². The molecule has 0 aliphatic heterocycles. The SMILES string of the molecule is CCCCOc1ccc(-c2ccc(C(C)(C)C)cc2)c2cccnc12. The minimum Gasteiger partial charge on any atom is -0.491 e. The standard InChI is InChI=1S/C23H27NO/c1-5-6-16-25-21-14-13-19(20-8-7-15-24-22(20)21)17-9-11-18(12-10-17)23(2,3)4/h7-15H,5-6,16H2,1-4H3. The van der Waals surface area contributed by atoms with Crippen molar-refractivity contribution < 1.29 is 4.74 Å². The highest BCUT2D eigenvalue weighted by molar-refractivity contribution is 5.97.